The Kier molecular flexibility index (Phi) is 3.89. The van der Waals surface area contributed by atoms with Crippen LogP contribution < -0.4 is 5.32 Å². The molecule has 0 aliphatic carbocycles. The van der Waals surface area contributed by atoms with Crippen LogP contribution in [0.1, 0.15) is 18.4 Å². The third kappa shape index (κ3) is 2.72. The number of nitrogens with one attached hydrogen (secondary N) is 1. The van der Waals surface area contributed by atoms with Gasteiger partial charge < -0.3 is 15.5 Å². The molecule has 94 valence electrons. The van der Waals surface area contributed by atoms with Crippen molar-refractivity contribution in [1.29, 1.82) is 0 Å². The summed E-state index contributed by atoms with van der Waals surface area (Å²) in [5, 5.41) is 22.4. The molecule has 2 rings (SSSR count). The van der Waals surface area contributed by atoms with Gasteiger partial charge in [0.1, 0.15) is 0 Å². The fourth-order valence-corrected chi connectivity index (χ4v) is 2.68. The lowest BCUT2D eigenvalue weighted by Crippen LogP contribution is -2.30. The average molecular weight is 304 g/mol. The van der Waals surface area contributed by atoms with E-state index in [4.69, 9.17) is 0 Å². The zero-order chi connectivity index (χ0) is 12.4. The lowest BCUT2D eigenvalue weighted by molar-refractivity contribution is 0.353. The Balaban J connectivity index is 2.20. The largest absolute Gasteiger partial charge is 0.504 e. The molecule has 0 aromatic heterocycles. The van der Waals surface area contributed by atoms with Crippen LogP contribution in [0.5, 0.6) is 11.5 Å². The third-order valence-corrected chi connectivity index (χ3v) is 3.73. The fourth-order valence-electron chi connectivity index (χ4n) is 2.22. The van der Waals surface area contributed by atoms with Gasteiger partial charge in [-0.05, 0) is 65.8 Å². The maximum Gasteiger partial charge on any atom is 0.195 e. The van der Waals surface area contributed by atoms with E-state index >= 15 is 0 Å². The second kappa shape index (κ2) is 5.23. The number of benzene rings is 1. The Morgan fingerprint density at radius 1 is 1.41 bits per heavy atom. The molecule has 5 heteroatoms. The Bertz CT molecular complexity index is 419. The number of phenolic OH excluding ortho intramolecular Hbond substituents is 2. The molecule has 1 fully saturated rings. The van der Waals surface area contributed by atoms with E-state index in [1.807, 2.05) is 0 Å². The molecular formula is C12H15BrFNO2. The summed E-state index contributed by atoms with van der Waals surface area (Å²) >= 11 is 3.03. The lowest BCUT2D eigenvalue weighted by atomic mass is 9.92. The highest BCUT2D eigenvalue weighted by Gasteiger charge is 2.20. The topological polar surface area (TPSA) is 52.5 Å². The van der Waals surface area contributed by atoms with Gasteiger partial charge in [0.2, 0.25) is 0 Å². The van der Waals surface area contributed by atoms with Crippen molar-refractivity contribution < 1.29 is 14.6 Å². The van der Waals surface area contributed by atoms with Crippen LogP contribution in [0.4, 0.5) is 4.39 Å². The van der Waals surface area contributed by atoms with E-state index in [0.29, 0.717) is 17.9 Å². The zero-order valence-corrected chi connectivity index (χ0v) is 10.9. The summed E-state index contributed by atoms with van der Waals surface area (Å²) in [7, 11) is 0. The minimum atomic E-state index is -0.812. The molecule has 1 unspecified atom stereocenters. The first-order valence-electron chi connectivity index (χ1n) is 5.69. The summed E-state index contributed by atoms with van der Waals surface area (Å²) in [6.07, 6.45) is 2.84. The number of piperidine rings is 1. The van der Waals surface area contributed by atoms with Gasteiger partial charge in [-0.25, -0.2) is 4.39 Å². The highest BCUT2D eigenvalue weighted by atomic mass is 79.9. The van der Waals surface area contributed by atoms with E-state index in [0.717, 1.165) is 25.9 Å². The normalized spacial score (nSPS) is 20.5. The number of phenols is 2. The van der Waals surface area contributed by atoms with Gasteiger partial charge in [-0.2, -0.15) is 0 Å². The van der Waals surface area contributed by atoms with Crippen molar-refractivity contribution in [3.63, 3.8) is 0 Å². The molecule has 1 atom stereocenters. The molecule has 1 aromatic rings. The van der Waals surface area contributed by atoms with E-state index in [1.165, 1.54) is 0 Å². The van der Waals surface area contributed by atoms with Crippen LogP contribution in [0, 0.1) is 11.7 Å². The highest BCUT2D eigenvalue weighted by molar-refractivity contribution is 9.10. The van der Waals surface area contributed by atoms with Gasteiger partial charge in [0.05, 0.1) is 4.47 Å². The molecular weight excluding hydrogens is 289 g/mol. The molecule has 0 bridgehead atoms. The summed E-state index contributed by atoms with van der Waals surface area (Å²) < 4.78 is 13.5. The number of aromatic hydroxyl groups is 2. The first-order valence-corrected chi connectivity index (χ1v) is 6.48. The predicted octanol–water partition coefficient (Wildman–Crippen LogP) is 2.54. The fraction of sp³-hybridized carbons (Fsp3) is 0.500. The van der Waals surface area contributed by atoms with Crippen LogP contribution in [-0.4, -0.2) is 23.3 Å². The molecule has 0 spiro atoms. The van der Waals surface area contributed by atoms with Gasteiger partial charge >= 0.3 is 0 Å². The molecule has 3 nitrogen and oxygen atoms in total. The summed E-state index contributed by atoms with van der Waals surface area (Å²) in [5.41, 5.74) is 0.587. The van der Waals surface area contributed by atoms with Crippen molar-refractivity contribution in [2.24, 2.45) is 5.92 Å². The summed E-state index contributed by atoms with van der Waals surface area (Å²) in [6, 6.07) is 1.54. The zero-order valence-electron chi connectivity index (χ0n) is 9.34. The molecule has 1 aliphatic rings. The minimum absolute atomic E-state index is 0.187. The van der Waals surface area contributed by atoms with Crippen molar-refractivity contribution in [3.05, 3.63) is 21.9 Å². The number of hydrogen-bond acceptors (Lipinski definition) is 3. The quantitative estimate of drug-likeness (QED) is 0.736. The molecule has 0 saturated carbocycles. The van der Waals surface area contributed by atoms with Gasteiger partial charge in [-0.1, -0.05) is 0 Å². The Morgan fingerprint density at radius 3 is 2.82 bits per heavy atom. The molecule has 1 aromatic carbocycles. The van der Waals surface area contributed by atoms with Crippen molar-refractivity contribution in [2.75, 3.05) is 13.1 Å². The first-order chi connectivity index (χ1) is 8.09. The predicted molar refractivity (Wildman–Crippen MR) is 66.7 cm³/mol. The van der Waals surface area contributed by atoms with Crippen molar-refractivity contribution >= 4 is 15.9 Å². The summed E-state index contributed by atoms with van der Waals surface area (Å²) in [4.78, 5) is 0. The van der Waals surface area contributed by atoms with Gasteiger partial charge in [0.25, 0.3) is 0 Å². The van der Waals surface area contributed by atoms with E-state index in [2.05, 4.69) is 21.2 Å². The highest BCUT2D eigenvalue weighted by Crippen LogP contribution is 2.37. The van der Waals surface area contributed by atoms with Gasteiger partial charge in [0.15, 0.2) is 17.3 Å². The van der Waals surface area contributed by atoms with E-state index in [-0.39, 0.29) is 10.2 Å². The van der Waals surface area contributed by atoms with E-state index in [1.54, 1.807) is 6.07 Å². The van der Waals surface area contributed by atoms with Gasteiger partial charge in [-0.15, -0.1) is 0 Å². The summed E-state index contributed by atoms with van der Waals surface area (Å²) in [6.45, 7) is 1.93. The molecule has 17 heavy (non-hydrogen) atoms. The van der Waals surface area contributed by atoms with Gasteiger partial charge in [-0.3, -0.25) is 0 Å². The van der Waals surface area contributed by atoms with Crippen LogP contribution in [0.3, 0.4) is 0 Å². The van der Waals surface area contributed by atoms with Crippen LogP contribution in [-0.2, 0) is 6.42 Å². The number of hydrogen-bond donors (Lipinski definition) is 3. The van der Waals surface area contributed by atoms with Crippen molar-refractivity contribution in [2.45, 2.75) is 19.3 Å². The maximum atomic E-state index is 13.3. The number of halogens is 2. The van der Waals surface area contributed by atoms with Gasteiger partial charge in [0, 0.05) is 0 Å². The third-order valence-electron chi connectivity index (χ3n) is 3.15. The van der Waals surface area contributed by atoms with Crippen LogP contribution >= 0.6 is 15.9 Å². The van der Waals surface area contributed by atoms with E-state index < -0.39 is 11.6 Å². The molecule has 1 aliphatic heterocycles. The Morgan fingerprint density at radius 2 is 2.18 bits per heavy atom. The van der Waals surface area contributed by atoms with Crippen LogP contribution in [0.2, 0.25) is 0 Å². The SMILES string of the molecule is Oc1c(CC2CCCNC2)cc(Br)c(F)c1O. The van der Waals surface area contributed by atoms with Crippen molar-refractivity contribution in [3.8, 4) is 11.5 Å². The monoisotopic (exact) mass is 303 g/mol. The molecule has 0 amide bonds. The summed E-state index contributed by atoms with van der Waals surface area (Å²) in [5.74, 6) is -1.39. The second-order valence-electron chi connectivity index (χ2n) is 4.45. The van der Waals surface area contributed by atoms with Crippen LogP contribution in [0.15, 0.2) is 10.5 Å². The molecule has 0 radical (unpaired) electrons. The lowest BCUT2D eigenvalue weighted by Gasteiger charge is -2.23. The molecule has 1 heterocycles. The standard InChI is InChI=1S/C12H15BrFNO2/c13-9-5-8(11(16)12(17)10(9)14)4-7-2-1-3-15-6-7/h5,7,15-17H,1-4,6H2. The molecule has 3 N–H and O–H groups in total. The Labute approximate surface area is 108 Å². The average Bonchev–Trinajstić information content (AvgIpc) is 2.35. The smallest absolute Gasteiger partial charge is 0.195 e. The first kappa shape index (κ1) is 12.6. The van der Waals surface area contributed by atoms with E-state index in [9.17, 15) is 14.6 Å². The second-order valence-corrected chi connectivity index (χ2v) is 5.30. The number of rotatable bonds is 2. The van der Waals surface area contributed by atoms with Crippen molar-refractivity contribution in [1.82, 2.24) is 5.32 Å². The Hall–Kier alpha value is -0.810. The van der Waals surface area contributed by atoms with Crippen LogP contribution in [0.25, 0.3) is 0 Å². The minimum Gasteiger partial charge on any atom is -0.504 e. The maximum absolute atomic E-state index is 13.3. The molecule has 1 saturated heterocycles.